The molecule has 0 saturated heterocycles. The van der Waals surface area contributed by atoms with E-state index >= 15 is 0 Å². The van der Waals surface area contributed by atoms with E-state index in [0.717, 1.165) is 19.3 Å². The Bertz CT molecular complexity index is 732. The Labute approximate surface area is 158 Å². The maximum atomic E-state index is 12.5. The minimum absolute atomic E-state index is 0.122. The Hall–Kier alpha value is -2.09. The zero-order valence-corrected chi connectivity index (χ0v) is 16.2. The lowest BCUT2D eigenvalue weighted by atomic mass is 9.88. The number of hydrogen-bond acceptors (Lipinski definition) is 1. The first-order valence-corrected chi connectivity index (χ1v) is 10.2. The van der Waals surface area contributed by atoms with Gasteiger partial charge in [-0.1, -0.05) is 56.3 Å². The topological polar surface area (TPSA) is 29.1 Å². The van der Waals surface area contributed by atoms with Crippen LogP contribution < -0.4 is 5.32 Å². The highest BCUT2D eigenvalue weighted by atomic mass is 16.1. The van der Waals surface area contributed by atoms with Crippen LogP contribution in [-0.4, -0.2) is 5.91 Å². The molecule has 0 bridgehead atoms. The van der Waals surface area contributed by atoms with Gasteiger partial charge in [-0.3, -0.25) is 4.79 Å². The molecule has 1 aliphatic carbocycles. The average molecular weight is 350 g/mol. The van der Waals surface area contributed by atoms with Crippen LogP contribution in [-0.2, 0) is 30.5 Å². The Balaban J connectivity index is 1.57. The van der Waals surface area contributed by atoms with E-state index in [4.69, 9.17) is 0 Å². The number of fused-ring (bicyclic) bond motifs is 1. The summed E-state index contributed by atoms with van der Waals surface area (Å²) in [6.07, 6.45) is 8.31. The van der Waals surface area contributed by atoms with E-state index in [0.29, 0.717) is 6.42 Å². The van der Waals surface area contributed by atoms with Gasteiger partial charge in [0.05, 0.1) is 6.04 Å². The van der Waals surface area contributed by atoms with Crippen molar-refractivity contribution < 1.29 is 4.79 Å². The van der Waals surface area contributed by atoms with E-state index in [2.05, 4.69) is 61.6 Å². The lowest BCUT2D eigenvalue weighted by Gasteiger charge is -2.21. The molecule has 0 aromatic heterocycles. The molecule has 1 aliphatic rings. The third kappa shape index (κ3) is 4.75. The molecule has 0 heterocycles. The smallest absolute Gasteiger partial charge is 0.220 e. The van der Waals surface area contributed by atoms with Gasteiger partial charge in [-0.25, -0.2) is 0 Å². The van der Waals surface area contributed by atoms with Gasteiger partial charge < -0.3 is 5.32 Å². The van der Waals surface area contributed by atoms with Crippen LogP contribution in [0.1, 0.15) is 73.4 Å². The molecular weight excluding hydrogens is 318 g/mol. The van der Waals surface area contributed by atoms with Gasteiger partial charge >= 0.3 is 0 Å². The first-order valence-electron chi connectivity index (χ1n) is 10.2. The molecule has 138 valence electrons. The minimum Gasteiger partial charge on any atom is -0.349 e. The summed E-state index contributed by atoms with van der Waals surface area (Å²) in [6, 6.07) is 15.5. The summed E-state index contributed by atoms with van der Waals surface area (Å²) in [6.45, 7) is 4.31. The first kappa shape index (κ1) is 18.7. The second-order valence-corrected chi connectivity index (χ2v) is 7.43. The second kappa shape index (κ2) is 9.02. The van der Waals surface area contributed by atoms with Crippen LogP contribution in [0.2, 0.25) is 0 Å². The summed E-state index contributed by atoms with van der Waals surface area (Å²) in [7, 11) is 0. The van der Waals surface area contributed by atoms with E-state index in [1.54, 1.807) is 0 Å². The normalized spacial score (nSPS) is 14.5. The maximum Gasteiger partial charge on any atom is 0.220 e. The molecule has 2 aromatic carbocycles. The second-order valence-electron chi connectivity index (χ2n) is 7.43. The van der Waals surface area contributed by atoms with Crippen LogP contribution in [0.4, 0.5) is 0 Å². The van der Waals surface area contributed by atoms with Crippen molar-refractivity contribution in [1.29, 1.82) is 0 Å². The molecule has 1 atom stereocenters. The summed E-state index contributed by atoms with van der Waals surface area (Å²) in [5, 5.41) is 3.24. The van der Waals surface area contributed by atoms with Crippen molar-refractivity contribution in [3.05, 3.63) is 70.3 Å². The van der Waals surface area contributed by atoms with Gasteiger partial charge in [0.1, 0.15) is 0 Å². The van der Waals surface area contributed by atoms with Crippen molar-refractivity contribution in [2.45, 2.75) is 71.3 Å². The Morgan fingerprint density at radius 2 is 1.65 bits per heavy atom. The number of benzene rings is 2. The first-order chi connectivity index (χ1) is 12.7. The van der Waals surface area contributed by atoms with Crippen molar-refractivity contribution in [3.63, 3.8) is 0 Å². The summed E-state index contributed by atoms with van der Waals surface area (Å²) < 4.78 is 0. The zero-order valence-electron chi connectivity index (χ0n) is 16.2. The van der Waals surface area contributed by atoms with Crippen LogP contribution in [0.5, 0.6) is 0 Å². The molecule has 1 N–H and O–H groups in total. The molecule has 1 amide bonds. The molecule has 3 rings (SSSR count). The van der Waals surface area contributed by atoms with Crippen LogP contribution >= 0.6 is 0 Å². The summed E-state index contributed by atoms with van der Waals surface area (Å²) in [5.74, 6) is 0.147. The van der Waals surface area contributed by atoms with Crippen molar-refractivity contribution in [2.75, 3.05) is 0 Å². The molecule has 0 saturated carbocycles. The fraction of sp³-hybridized carbons (Fsp3) is 0.458. The highest BCUT2D eigenvalue weighted by molar-refractivity contribution is 5.76. The number of carbonyl (C=O) groups excluding carboxylic acids is 1. The van der Waals surface area contributed by atoms with Gasteiger partial charge in [-0.05, 0) is 72.8 Å². The Morgan fingerprint density at radius 1 is 0.962 bits per heavy atom. The Kier molecular flexibility index (Phi) is 6.49. The third-order valence-corrected chi connectivity index (χ3v) is 5.59. The van der Waals surface area contributed by atoms with E-state index in [9.17, 15) is 4.79 Å². The fourth-order valence-electron chi connectivity index (χ4n) is 3.86. The van der Waals surface area contributed by atoms with Gasteiger partial charge in [-0.15, -0.1) is 0 Å². The molecule has 0 aliphatic heterocycles. The summed E-state index contributed by atoms with van der Waals surface area (Å²) >= 11 is 0. The number of rotatable bonds is 7. The lowest BCUT2D eigenvalue weighted by molar-refractivity contribution is -0.121. The standard InChI is InChI=1S/C24H31NO/c1-3-18-9-11-19(12-10-18)13-16-24(26)25-23(4-2)22-15-14-20-7-5-6-8-21(20)17-22/h9-12,14-15,17,23H,3-8,13,16H2,1-2H3,(H,25,26)/t23-/m1/s1. The number of hydrogen-bond donors (Lipinski definition) is 1. The maximum absolute atomic E-state index is 12.5. The monoisotopic (exact) mass is 349 g/mol. The lowest BCUT2D eigenvalue weighted by Crippen LogP contribution is -2.28. The largest absolute Gasteiger partial charge is 0.349 e. The summed E-state index contributed by atoms with van der Waals surface area (Å²) in [5.41, 5.74) is 6.82. The molecule has 2 heteroatoms. The van der Waals surface area contributed by atoms with Crippen LogP contribution in [0, 0.1) is 0 Å². The quantitative estimate of drug-likeness (QED) is 0.719. The number of nitrogens with one attached hydrogen (secondary N) is 1. The summed E-state index contributed by atoms with van der Waals surface area (Å²) in [4.78, 5) is 12.5. The van der Waals surface area contributed by atoms with E-state index in [1.807, 2.05) is 0 Å². The van der Waals surface area contributed by atoms with Crippen molar-refractivity contribution in [2.24, 2.45) is 0 Å². The van der Waals surface area contributed by atoms with Gasteiger partial charge in [-0.2, -0.15) is 0 Å². The van der Waals surface area contributed by atoms with Crippen LogP contribution in [0.15, 0.2) is 42.5 Å². The number of carbonyl (C=O) groups is 1. The minimum atomic E-state index is 0.122. The van der Waals surface area contributed by atoms with E-state index in [-0.39, 0.29) is 11.9 Å². The highest BCUT2D eigenvalue weighted by Crippen LogP contribution is 2.26. The molecule has 2 aromatic rings. The van der Waals surface area contributed by atoms with Gasteiger partial charge in [0.25, 0.3) is 0 Å². The SMILES string of the molecule is CCc1ccc(CCC(=O)N[C@H](CC)c2ccc3c(c2)CCCC3)cc1. The number of aryl methyl sites for hydroxylation is 4. The van der Waals surface area contributed by atoms with Crippen LogP contribution in [0.3, 0.4) is 0 Å². The molecular formula is C24H31NO. The van der Waals surface area contributed by atoms with Crippen molar-refractivity contribution in [3.8, 4) is 0 Å². The van der Waals surface area contributed by atoms with Crippen LogP contribution in [0.25, 0.3) is 0 Å². The molecule has 0 radical (unpaired) electrons. The molecule has 0 spiro atoms. The Morgan fingerprint density at radius 3 is 2.35 bits per heavy atom. The molecule has 26 heavy (non-hydrogen) atoms. The third-order valence-electron chi connectivity index (χ3n) is 5.59. The van der Waals surface area contributed by atoms with Crippen molar-refractivity contribution >= 4 is 5.91 Å². The van der Waals surface area contributed by atoms with Gasteiger partial charge in [0, 0.05) is 6.42 Å². The van der Waals surface area contributed by atoms with Gasteiger partial charge in [0.15, 0.2) is 0 Å². The van der Waals surface area contributed by atoms with E-state index < -0.39 is 0 Å². The fourth-order valence-corrected chi connectivity index (χ4v) is 3.86. The predicted molar refractivity (Wildman–Crippen MR) is 108 cm³/mol. The van der Waals surface area contributed by atoms with E-state index in [1.165, 1.54) is 53.5 Å². The highest BCUT2D eigenvalue weighted by Gasteiger charge is 2.16. The molecule has 0 fully saturated rings. The van der Waals surface area contributed by atoms with Crippen molar-refractivity contribution in [1.82, 2.24) is 5.32 Å². The zero-order chi connectivity index (χ0) is 18.4. The molecule has 0 unspecified atom stereocenters. The number of amides is 1. The van der Waals surface area contributed by atoms with Gasteiger partial charge in [0.2, 0.25) is 5.91 Å². The predicted octanol–water partition coefficient (Wildman–Crippen LogP) is 5.33. The average Bonchev–Trinajstić information content (AvgIpc) is 2.70. The molecule has 2 nitrogen and oxygen atoms in total.